The Morgan fingerprint density at radius 2 is 2.42 bits per heavy atom. The van der Waals surface area contributed by atoms with Crippen molar-refractivity contribution in [2.75, 3.05) is 0 Å². The van der Waals surface area contributed by atoms with Crippen LogP contribution in [0.25, 0.3) is 10.2 Å². The van der Waals surface area contributed by atoms with Crippen molar-refractivity contribution in [3.05, 3.63) is 24.6 Å². The quantitative estimate of drug-likeness (QED) is 0.599. The van der Waals surface area contributed by atoms with Crippen LogP contribution in [-0.2, 0) is 0 Å². The number of hydrogen-bond donors (Lipinski definition) is 1. The van der Waals surface area contributed by atoms with Crippen LogP contribution in [0.4, 0.5) is 0 Å². The Kier molecular flexibility index (Phi) is 2.09. The molecule has 6 heteroatoms. The maximum atomic E-state index is 11.2. The molecular formula is C6H2ClIN2OS. The third-order valence-corrected chi connectivity index (χ3v) is 3.75. The van der Waals surface area contributed by atoms with Gasteiger partial charge in [-0.1, -0.05) is 0 Å². The van der Waals surface area contributed by atoms with Crippen LogP contribution in [0.2, 0.25) is 5.28 Å². The van der Waals surface area contributed by atoms with E-state index in [-0.39, 0.29) is 10.8 Å². The molecule has 0 aromatic carbocycles. The first-order chi connectivity index (χ1) is 5.68. The van der Waals surface area contributed by atoms with E-state index in [4.69, 9.17) is 11.6 Å². The van der Waals surface area contributed by atoms with Gasteiger partial charge in [-0.05, 0) is 34.2 Å². The Morgan fingerprint density at radius 1 is 1.67 bits per heavy atom. The predicted octanol–water partition coefficient (Wildman–Crippen LogP) is 2.24. The van der Waals surface area contributed by atoms with Crippen LogP contribution in [0.1, 0.15) is 0 Å². The Morgan fingerprint density at radius 3 is 3.17 bits per heavy atom. The summed E-state index contributed by atoms with van der Waals surface area (Å²) in [7, 11) is 0. The Hall–Kier alpha value is -0.140. The molecule has 2 rings (SSSR count). The lowest BCUT2D eigenvalue weighted by Gasteiger charge is -1.90. The Bertz CT molecular complexity index is 492. The van der Waals surface area contributed by atoms with E-state index in [1.165, 1.54) is 11.3 Å². The van der Waals surface area contributed by atoms with Gasteiger partial charge in [-0.25, -0.2) is 4.98 Å². The van der Waals surface area contributed by atoms with Crippen molar-refractivity contribution in [2.45, 2.75) is 0 Å². The van der Waals surface area contributed by atoms with E-state index in [1.54, 1.807) is 0 Å². The van der Waals surface area contributed by atoms with Crippen LogP contribution in [0, 0.1) is 3.57 Å². The summed E-state index contributed by atoms with van der Waals surface area (Å²) in [5.74, 6) is 0. The topological polar surface area (TPSA) is 45.8 Å². The number of thiophene rings is 1. The molecule has 0 saturated heterocycles. The summed E-state index contributed by atoms with van der Waals surface area (Å²) in [4.78, 5) is 17.7. The van der Waals surface area contributed by atoms with Crippen LogP contribution in [0.5, 0.6) is 0 Å². The third-order valence-electron chi connectivity index (χ3n) is 1.35. The van der Waals surface area contributed by atoms with Crippen LogP contribution in [-0.4, -0.2) is 9.97 Å². The maximum absolute atomic E-state index is 11.2. The second-order valence-corrected chi connectivity index (χ2v) is 4.52. The molecule has 2 heterocycles. The number of nitrogens with one attached hydrogen (secondary N) is 1. The smallest absolute Gasteiger partial charge is 0.269 e. The highest BCUT2D eigenvalue weighted by molar-refractivity contribution is 14.1. The molecule has 0 radical (unpaired) electrons. The van der Waals surface area contributed by atoms with E-state index in [0.717, 1.165) is 3.57 Å². The van der Waals surface area contributed by atoms with Crippen LogP contribution in [0.3, 0.4) is 0 Å². The third kappa shape index (κ3) is 1.25. The van der Waals surface area contributed by atoms with Gasteiger partial charge in [-0.3, -0.25) is 9.78 Å². The minimum atomic E-state index is -0.169. The van der Waals surface area contributed by atoms with Gasteiger partial charge in [0.2, 0.25) is 5.28 Å². The number of halogens is 2. The first kappa shape index (κ1) is 8.46. The Labute approximate surface area is 89.9 Å². The van der Waals surface area contributed by atoms with E-state index < -0.39 is 0 Å². The minimum absolute atomic E-state index is 0.142. The highest BCUT2D eigenvalue weighted by Crippen LogP contribution is 2.22. The fourth-order valence-electron chi connectivity index (χ4n) is 0.873. The zero-order valence-electron chi connectivity index (χ0n) is 5.60. The number of aromatic nitrogens is 2. The summed E-state index contributed by atoms with van der Waals surface area (Å²) in [6.07, 6.45) is 0. The first-order valence-electron chi connectivity index (χ1n) is 3.01. The molecule has 0 amide bonds. The molecule has 12 heavy (non-hydrogen) atoms. The van der Waals surface area contributed by atoms with Gasteiger partial charge >= 0.3 is 0 Å². The highest BCUT2D eigenvalue weighted by Gasteiger charge is 2.07. The molecule has 0 aliphatic heterocycles. The number of H-pyrrole nitrogens is 1. The van der Waals surface area contributed by atoms with Crippen molar-refractivity contribution in [2.24, 2.45) is 0 Å². The molecule has 2 aromatic rings. The normalized spacial score (nSPS) is 10.8. The van der Waals surface area contributed by atoms with E-state index in [2.05, 4.69) is 32.6 Å². The summed E-state index contributed by atoms with van der Waals surface area (Å²) in [5, 5.41) is 2.02. The van der Waals surface area contributed by atoms with Crippen LogP contribution >= 0.6 is 45.5 Å². The molecule has 0 atom stereocenters. The summed E-state index contributed by atoms with van der Waals surface area (Å²) < 4.78 is 1.59. The molecule has 0 spiro atoms. The van der Waals surface area contributed by atoms with Gasteiger partial charge in [-0.2, -0.15) is 0 Å². The summed E-state index contributed by atoms with van der Waals surface area (Å²) in [6.45, 7) is 0. The summed E-state index contributed by atoms with van der Waals surface area (Å²) in [5.41, 5.74) is 0.521. The standard InChI is InChI=1S/C6H2ClIN2OS/c7-6-9-3-2(8)1-12-4(3)5(11)10-6/h1H,(H,9,10,11). The molecule has 0 fully saturated rings. The largest absolute Gasteiger partial charge is 0.296 e. The highest BCUT2D eigenvalue weighted by atomic mass is 127. The van der Waals surface area contributed by atoms with Crippen LogP contribution < -0.4 is 5.56 Å². The van der Waals surface area contributed by atoms with E-state index in [0.29, 0.717) is 10.2 Å². The van der Waals surface area contributed by atoms with Gasteiger partial charge in [-0.15, -0.1) is 11.3 Å². The number of hydrogen-bond acceptors (Lipinski definition) is 3. The average Bonchev–Trinajstić information content (AvgIpc) is 2.33. The fraction of sp³-hybridized carbons (Fsp3) is 0. The van der Waals surface area contributed by atoms with Crippen molar-refractivity contribution >= 4 is 55.7 Å². The number of rotatable bonds is 0. The summed E-state index contributed by atoms with van der Waals surface area (Å²) in [6, 6.07) is 0. The summed E-state index contributed by atoms with van der Waals surface area (Å²) >= 11 is 9.09. The molecule has 0 aliphatic rings. The zero-order valence-corrected chi connectivity index (χ0v) is 9.33. The lowest BCUT2D eigenvalue weighted by molar-refractivity contribution is 1.18. The first-order valence-corrected chi connectivity index (χ1v) is 5.34. The molecule has 0 bridgehead atoms. The maximum Gasteiger partial charge on any atom is 0.269 e. The second-order valence-electron chi connectivity index (χ2n) is 2.12. The van der Waals surface area contributed by atoms with Crippen molar-refractivity contribution in [3.8, 4) is 0 Å². The number of fused-ring (bicyclic) bond motifs is 1. The average molecular weight is 313 g/mol. The van der Waals surface area contributed by atoms with Crippen molar-refractivity contribution in [1.29, 1.82) is 0 Å². The van der Waals surface area contributed by atoms with Gasteiger partial charge < -0.3 is 0 Å². The molecule has 0 aliphatic carbocycles. The van der Waals surface area contributed by atoms with Gasteiger partial charge in [0, 0.05) is 5.38 Å². The molecule has 0 saturated carbocycles. The van der Waals surface area contributed by atoms with Gasteiger partial charge in [0.05, 0.1) is 3.57 Å². The molecule has 3 nitrogen and oxygen atoms in total. The molecule has 2 aromatic heterocycles. The molecular weight excluding hydrogens is 311 g/mol. The molecule has 1 N–H and O–H groups in total. The Balaban J connectivity index is 3.03. The predicted molar refractivity (Wildman–Crippen MR) is 58.0 cm³/mol. The van der Waals surface area contributed by atoms with Crippen molar-refractivity contribution in [3.63, 3.8) is 0 Å². The van der Waals surface area contributed by atoms with E-state index in [1.807, 2.05) is 5.38 Å². The van der Waals surface area contributed by atoms with Gasteiger partial charge in [0.25, 0.3) is 5.56 Å². The lowest BCUT2D eigenvalue weighted by atomic mass is 10.5. The lowest BCUT2D eigenvalue weighted by Crippen LogP contribution is -2.05. The molecule has 62 valence electrons. The van der Waals surface area contributed by atoms with Crippen molar-refractivity contribution in [1.82, 2.24) is 9.97 Å². The van der Waals surface area contributed by atoms with E-state index in [9.17, 15) is 4.79 Å². The van der Waals surface area contributed by atoms with Crippen molar-refractivity contribution < 1.29 is 0 Å². The van der Waals surface area contributed by atoms with Gasteiger partial charge in [0.15, 0.2) is 0 Å². The van der Waals surface area contributed by atoms with Crippen LogP contribution in [0.15, 0.2) is 10.2 Å². The zero-order chi connectivity index (χ0) is 8.72. The number of nitrogens with zero attached hydrogens (tertiary/aromatic N) is 1. The SMILES string of the molecule is O=c1[nH]c(Cl)nc2c(I)csc12. The van der Waals surface area contributed by atoms with Gasteiger partial charge in [0.1, 0.15) is 10.2 Å². The molecule has 0 unspecified atom stereocenters. The van der Waals surface area contributed by atoms with E-state index >= 15 is 0 Å². The second kappa shape index (κ2) is 2.97. The monoisotopic (exact) mass is 312 g/mol. The number of aromatic amines is 1. The minimum Gasteiger partial charge on any atom is -0.296 e. The fourth-order valence-corrected chi connectivity index (χ4v) is 2.76.